The number of nitrogens with two attached hydrogens (primary N) is 1. The van der Waals surface area contributed by atoms with Crippen LogP contribution < -0.4 is 11.1 Å². The van der Waals surface area contributed by atoms with Gasteiger partial charge >= 0.3 is 0 Å². The topological polar surface area (TPSA) is 128 Å². The fraction of sp³-hybridized carbons (Fsp3) is 0.217. The number of aromatic nitrogens is 5. The molecule has 3 N–H and O–H groups in total. The van der Waals surface area contributed by atoms with Gasteiger partial charge in [-0.25, -0.2) is 13.8 Å². The molecule has 0 fully saturated rings. The second-order valence-corrected chi connectivity index (χ2v) is 7.53. The van der Waals surface area contributed by atoms with Gasteiger partial charge in [-0.05, 0) is 64.7 Å². The van der Waals surface area contributed by atoms with Crippen LogP contribution in [0.4, 0.5) is 8.78 Å². The van der Waals surface area contributed by atoms with Gasteiger partial charge in [0.05, 0.1) is 0 Å². The fourth-order valence-corrected chi connectivity index (χ4v) is 3.03. The van der Waals surface area contributed by atoms with Crippen molar-refractivity contribution in [2.45, 2.75) is 33.9 Å². The Morgan fingerprint density at radius 1 is 1.00 bits per heavy atom. The number of Topliss-reactive ketones (excluding diaryl/α,β-unsaturated/α-hetero) is 1. The minimum Gasteiger partial charge on any atom is -0.347 e. The molecule has 11 heteroatoms. The average molecular weight is 467 g/mol. The number of aryl methyl sites for hydroxylation is 2. The highest BCUT2D eigenvalue weighted by Crippen LogP contribution is 2.10. The summed E-state index contributed by atoms with van der Waals surface area (Å²) in [6.07, 6.45) is 0. The van der Waals surface area contributed by atoms with Gasteiger partial charge in [-0.2, -0.15) is 4.52 Å². The lowest BCUT2D eigenvalue weighted by atomic mass is 10.1. The van der Waals surface area contributed by atoms with Gasteiger partial charge in [0.2, 0.25) is 0 Å². The molecule has 0 unspecified atom stereocenters. The van der Waals surface area contributed by atoms with Crippen molar-refractivity contribution in [3.63, 3.8) is 0 Å². The summed E-state index contributed by atoms with van der Waals surface area (Å²) in [5.41, 5.74) is 8.41. The monoisotopic (exact) mass is 467 g/mol. The van der Waals surface area contributed by atoms with E-state index in [4.69, 9.17) is 5.73 Å². The zero-order valence-electron chi connectivity index (χ0n) is 18.8. The highest BCUT2D eigenvalue weighted by molar-refractivity contribution is 5.98. The van der Waals surface area contributed by atoms with E-state index in [-0.39, 0.29) is 41.1 Å². The number of fused-ring (bicyclic) bond motifs is 1. The molecule has 9 nitrogen and oxygen atoms in total. The molecule has 1 amide bonds. The van der Waals surface area contributed by atoms with Gasteiger partial charge in [-0.3, -0.25) is 9.59 Å². The summed E-state index contributed by atoms with van der Waals surface area (Å²) in [5, 5.41) is 13.4. The van der Waals surface area contributed by atoms with Crippen molar-refractivity contribution in [2.24, 2.45) is 5.73 Å². The summed E-state index contributed by atoms with van der Waals surface area (Å²) >= 11 is 0. The molecular weight excluding hydrogens is 444 g/mol. The normalized spacial score (nSPS) is 10.5. The Morgan fingerprint density at radius 3 is 2.21 bits per heavy atom. The van der Waals surface area contributed by atoms with E-state index in [0.29, 0.717) is 17.7 Å². The molecule has 0 atom stereocenters. The Morgan fingerprint density at radius 2 is 1.62 bits per heavy atom. The summed E-state index contributed by atoms with van der Waals surface area (Å²) in [6.45, 7) is 5.40. The maximum absolute atomic E-state index is 13.2. The van der Waals surface area contributed by atoms with Crippen LogP contribution in [0.3, 0.4) is 0 Å². The first-order valence-electron chi connectivity index (χ1n) is 10.3. The first kappa shape index (κ1) is 24.5. The summed E-state index contributed by atoms with van der Waals surface area (Å²) in [4.78, 5) is 28.0. The Kier molecular flexibility index (Phi) is 7.69. The number of nitrogens with zero attached hydrogens (tertiary/aromatic N) is 5. The summed E-state index contributed by atoms with van der Waals surface area (Å²) in [7, 11) is 0. The number of hydrogen-bond donors (Lipinski definition) is 2. The van der Waals surface area contributed by atoms with Crippen LogP contribution in [-0.2, 0) is 13.1 Å². The highest BCUT2D eigenvalue weighted by Gasteiger charge is 2.16. The maximum Gasteiger partial charge on any atom is 0.274 e. The molecule has 0 aliphatic heterocycles. The van der Waals surface area contributed by atoms with E-state index >= 15 is 0 Å². The van der Waals surface area contributed by atoms with Crippen LogP contribution in [0, 0.1) is 25.5 Å². The molecule has 0 aliphatic rings. The largest absolute Gasteiger partial charge is 0.347 e. The fourth-order valence-electron chi connectivity index (χ4n) is 3.03. The van der Waals surface area contributed by atoms with Crippen LogP contribution >= 0.6 is 0 Å². The van der Waals surface area contributed by atoms with E-state index in [1.165, 1.54) is 29.6 Å². The zero-order valence-corrected chi connectivity index (χ0v) is 18.8. The molecule has 176 valence electrons. The van der Waals surface area contributed by atoms with E-state index in [2.05, 4.69) is 25.8 Å². The van der Waals surface area contributed by atoms with Crippen molar-refractivity contribution in [3.05, 3.63) is 87.7 Å². The van der Waals surface area contributed by atoms with Crippen LogP contribution in [0.25, 0.3) is 5.78 Å². The van der Waals surface area contributed by atoms with Crippen LogP contribution in [0.5, 0.6) is 0 Å². The minimum atomic E-state index is -0.482. The first-order valence-corrected chi connectivity index (χ1v) is 10.3. The number of tetrazole rings is 1. The van der Waals surface area contributed by atoms with Gasteiger partial charge < -0.3 is 11.1 Å². The number of nitrogens with one attached hydrogen (secondary N) is 1. The standard InChI is InChI=1S/C15H13FN6O2.C8H10FN/c1-8-5-10(3-4-11(8)16)7-17-14(24)12-6-13(9(2)23)22-15(18-12)19-20-21-22;1-6-4-7(5-10)2-3-8(6)9/h3-6H,7H2,1-2H3,(H,17,24);2-4H,5,10H2,1H3. The number of rotatable bonds is 5. The Bertz CT molecular complexity index is 1350. The SMILES string of the molecule is CC(=O)c1cc(C(=O)NCc2ccc(F)c(C)c2)nc2nnnn12.Cc1cc(CN)ccc1F. The van der Waals surface area contributed by atoms with Crippen LogP contribution in [0.1, 0.15) is 50.2 Å². The number of amides is 1. The maximum atomic E-state index is 13.2. The first-order chi connectivity index (χ1) is 16.2. The summed E-state index contributed by atoms with van der Waals surface area (Å²) < 4.78 is 27.0. The van der Waals surface area contributed by atoms with E-state index in [1.807, 2.05) is 0 Å². The molecule has 2 heterocycles. The summed E-state index contributed by atoms with van der Waals surface area (Å²) in [6, 6.07) is 10.8. The molecule has 4 aromatic rings. The number of halogens is 2. The van der Waals surface area contributed by atoms with Crippen molar-refractivity contribution in [3.8, 4) is 0 Å². The molecule has 2 aromatic carbocycles. The Balaban J connectivity index is 0.000000271. The van der Waals surface area contributed by atoms with Gasteiger partial charge in [0, 0.05) is 20.0 Å². The van der Waals surface area contributed by atoms with E-state index in [9.17, 15) is 18.4 Å². The number of carbonyl (C=O) groups excluding carboxylic acids is 2. The average Bonchev–Trinajstić information content (AvgIpc) is 3.30. The predicted octanol–water partition coefficient (Wildman–Crippen LogP) is 2.69. The third-order valence-corrected chi connectivity index (χ3v) is 4.90. The second kappa shape index (κ2) is 10.7. The second-order valence-electron chi connectivity index (χ2n) is 7.53. The van der Waals surface area contributed by atoms with Crippen LogP contribution in [-0.4, -0.2) is 36.7 Å². The molecule has 0 aliphatic carbocycles. The zero-order chi connectivity index (χ0) is 24.8. The molecule has 2 aromatic heterocycles. The van der Waals surface area contributed by atoms with Gasteiger partial charge in [-0.1, -0.05) is 29.4 Å². The van der Waals surface area contributed by atoms with Gasteiger partial charge in [0.1, 0.15) is 23.0 Å². The van der Waals surface area contributed by atoms with Crippen molar-refractivity contribution < 1.29 is 18.4 Å². The molecule has 34 heavy (non-hydrogen) atoms. The quantitative estimate of drug-likeness (QED) is 0.432. The Hall–Kier alpha value is -4.12. The van der Waals surface area contributed by atoms with Crippen molar-refractivity contribution in [1.29, 1.82) is 0 Å². The number of benzene rings is 2. The van der Waals surface area contributed by atoms with Crippen molar-refractivity contribution in [1.82, 2.24) is 30.3 Å². The van der Waals surface area contributed by atoms with Crippen molar-refractivity contribution in [2.75, 3.05) is 0 Å². The van der Waals surface area contributed by atoms with Gasteiger partial charge in [0.15, 0.2) is 5.78 Å². The van der Waals surface area contributed by atoms with E-state index < -0.39 is 5.91 Å². The van der Waals surface area contributed by atoms with Crippen LogP contribution in [0.2, 0.25) is 0 Å². The lowest BCUT2D eigenvalue weighted by Gasteiger charge is -2.07. The van der Waals surface area contributed by atoms with Gasteiger partial charge in [-0.15, -0.1) is 0 Å². The summed E-state index contributed by atoms with van der Waals surface area (Å²) in [5.74, 6) is -1.19. The molecule has 0 saturated heterocycles. The third kappa shape index (κ3) is 5.81. The van der Waals surface area contributed by atoms with Crippen molar-refractivity contribution >= 4 is 17.5 Å². The lowest BCUT2D eigenvalue weighted by Crippen LogP contribution is -2.25. The van der Waals surface area contributed by atoms with E-state index in [0.717, 1.165) is 11.1 Å². The number of ketones is 1. The predicted molar refractivity (Wildman–Crippen MR) is 120 cm³/mol. The van der Waals surface area contributed by atoms with Gasteiger partial charge in [0.25, 0.3) is 11.7 Å². The molecule has 0 spiro atoms. The molecular formula is C23H23F2N7O2. The Labute approximate surface area is 194 Å². The molecule has 4 rings (SSSR count). The van der Waals surface area contributed by atoms with Crippen LogP contribution in [0.15, 0.2) is 42.5 Å². The van der Waals surface area contributed by atoms with E-state index in [1.54, 1.807) is 38.1 Å². The smallest absolute Gasteiger partial charge is 0.274 e. The molecule has 0 saturated carbocycles. The lowest BCUT2D eigenvalue weighted by molar-refractivity contribution is 0.0946. The molecule has 0 radical (unpaired) electrons. The third-order valence-electron chi connectivity index (χ3n) is 4.90. The number of hydrogen-bond acceptors (Lipinski definition) is 7. The molecule has 0 bridgehead atoms. The minimum absolute atomic E-state index is 0.0290. The number of carbonyl (C=O) groups is 2. The highest BCUT2D eigenvalue weighted by atomic mass is 19.1.